The van der Waals surface area contributed by atoms with Gasteiger partial charge in [0.25, 0.3) is 0 Å². The normalized spacial score (nSPS) is 20.4. The molecule has 3 rings (SSSR count). The fraction of sp³-hybridized carbons (Fsp3) is 0.438. The van der Waals surface area contributed by atoms with Gasteiger partial charge in [0.05, 0.1) is 0 Å². The van der Waals surface area contributed by atoms with Gasteiger partial charge in [0, 0.05) is 24.0 Å². The summed E-state index contributed by atoms with van der Waals surface area (Å²) < 4.78 is 3.49. The van der Waals surface area contributed by atoms with Crippen molar-refractivity contribution >= 4 is 58.1 Å². The van der Waals surface area contributed by atoms with Crippen molar-refractivity contribution in [1.29, 1.82) is 0 Å². The SMILES string of the molecule is CC1=C2CCN(C(=O)OCC(Cl)(Cl)Cl)CC2c2cc(Cl)ccc21. The number of hydrogen-bond donors (Lipinski definition) is 0. The molecule has 3 nitrogen and oxygen atoms in total. The number of nitrogens with zero attached hydrogens (tertiary/aromatic N) is 1. The molecule has 0 saturated carbocycles. The first-order chi connectivity index (χ1) is 10.8. The first-order valence-corrected chi connectivity index (χ1v) is 8.75. The van der Waals surface area contributed by atoms with Gasteiger partial charge in [-0.05, 0) is 42.2 Å². The van der Waals surface area contributed by atoms with Crippen LogP contribution in [0, 0.1) is 0 Å². The van der Waals surface area contributed by atoms with Crippen LogP contribution in [0.3, 0.4) is 0 Å². The van der Waals surface area contributed by atoms with Crippen LogP contribution in [0.4, 0.5) is 4.79 Å². The number of rotatable bonds is 1. The number of hydrogen-bond acceptors (Lipinski definition) is 2. The van der Waals surface area contributed by atoms with Gasteiger partial charge in [0.1, 0.15) is 6.61 Å². The third kappa shape index (κ3) is 3.58. The standard InChI is InChI=1S/C16H15Cl4NO2/c1-9-11-3-2-10(17)6-13(11)14-7-21(5-4-12(9)14)15(22)23-8-16(18,19)20/h2-3,6,14H,4-5,7-8H2,1H3. The number of alkyl halides is 3. The highest BCUT2D eigenvalue weighted by atomic mass is 35.6. The largest absolute Gasteiger partial charge is 0.445 e. The predicted octanol–water partition coefficient (Wildman–Crippen LogP) is 5.42. The Morgan fingerprint density at radius 1 is 1.39 bits per heavy atom. The second kappa shape index (κ2) is 6.36. The van der Waals surface area contributed by atoms with E-state index in [1.165, 1.54) is 22.3 Å². The van der Waals surface area contributed by atoms with Crippen LogP contribution in [0.5, 0.6) is 0 Å². The molecule has 0 spiro atoms. The lowest BCUT2D eigenvalue weighted by molar-refractivity contribution is 0.0989. The fourth-order valence-electron chi connectivity index (χ4n) is 3.32. The second-order valence-electron chi connectivity index (χ2n) is 5.80. The van der Waals surface area contributed by atoms with Gasteiger partial charge < -0.3 is 9.64 Å². The molecule has 2 aliphatic rings. The Bertz CT molecular complexity index is 681. The number of benzene rings is 1. The van der Waals surface area contributed by atoms with E-state index in [1.807, 2.05) is 18.2 Å². The van der Waals surface area contributed by atoms with Crippen molar-refractivity contribution in [2.45, 2.75) is 23.1 Å². The average molecular weight is 395 g/mol. The van der Waals surface area contributed by atoms with Gasteiger partial charge in [-0.3, -0.25) is 0 Å². The number of halogens is 4. The van der Waals surface area contributed by atoms with Gasteiger partial charge in [-0.2, -0.15) is 0 Å². The van der Waals surface area contributed by atoms with Gasteiger partial charge in [-0.15, -0.1) is 0 Å². The zero-order chi connectivity index (χ0) is 16.8. The minimum absolute atomic E-state index is 0.165. The van der Waals surface area contributed by atoms with Crippen molar-refractivity contribution in [3.8, 4) is 0 Å². The minimum atomic E-state index is -1.60. The lowest BCUT2D eigenvalue weighted by Crippen LogP contribution is -2.40. The Hall–Kier alpha value is -0.610. The molecule has 1 aliphatic carbocycles. The van der Waals surface area contributed by atoms with Crippen molar-refractivity contribution in [1.82, 2.24) is 4.90 Å². The molecule has 1 heterocycles. The molecule has 1 saturated heterocycles. The zero-order valence-corrected chi connectivity index (χ0v) is 15.4. The zero-order valence-electron chi connectivity index (χ0n) is 12.4. The molecule has 0 aromatic heterocycles. The van der Waals surface area contributed by atoms with Crippen molar-refractivity contribution in [2.24, 2.45) is 0 Å². The van der Waals surface area contributed by atoms with E-state index < -0.39 is 9.89 Å². The number of allylic oxidation sites excluding steroid dienone is 1. The summed E-state index contributed by atoms with van der Waals surface area (Å²) in [5.41, 5.74) is 5.04. The van der Waals surface area contributed by atoms with Crippen molar-refractivity contribution < 1.29 is 9.53 Å². The van der Waals surface area contributed by atoms with E-state index in [9.17, 15) is 4.79 Å². The maximum atomic E-state index is 12.2. The number of carbonyl (C=O) groups is 1. The topological polar surface area (TPSA) is 29.5 Å². The second-order valence-corrected chi connectivity index (χ2v) is 8.75. The lowest BCUT2D eigenvalue weighted by Gasteiger charge is -2.33. The molecule has 1 aliphatic heterocycles. The lowest BCUT2D eigenvalue weighted by atomic mass is 9.90. The quantitative estimate of drug-likeness (QED) is 0.595. The van der Waals surface area contributed by atoms with Crippen LogP contribution in [0.2, 0.25) is 5.02 Å². The molecule has 1 fully saturated rings. The van der Waals surface area contributed by atoms with Gasteiger partial charge in [0.2, 0.25) is 3.79 Å². The fourth-order valence-corrected chi connectivity index (χ4v) is 3.67. The highest BCUT2D eigenvalue weighted by molar-refractivity contribution is 6.67. The van der Waals surface area contributed by atoms with Crippen LogP contribution < -0.4 is 0 Å². The summed E-state index contributed by atoms with van der Waals surface area (Å²) in [5, 5.41) is 0.703. The first-order valence-electron chi connectivity index (χ1n) is 7.24. The number of likely N-dealkylation sites (tertiary alicyclic amines) is 1. The molecule has 1 amide bonds. The highest BCUT2D eigenvalue weighted by Crippen LogP contribution is 2.46. The molecule has 124 valence electrons. The molecule has 7 heteroatoms. The van der Waals surface area contributed by atoms with E-state index in [1.54, 1.807) is 4.90 Å². The van der Waals surface area contributed by atoms with Crippen LogP contribution >= 0.6 is 46.4 Å². The maximum Gasteiger partial charge on any atom is 0.409 e. The van der Waals surface area contributed by atoms with Crippen LogP contribution in [-0.4, -0.2) is 34.5 Å². The predicted molar refractivity (Wildman–Crippen MR) is 94.6 cm³/mol. The molecular formula is C16H15Cl4NO2. The Morgan fingerprint density at radius 2 is 2.13 bits per heavy atom. The Balaban J connectivity index is 1.76. The van der Waals surface area contributed by atoms with E-state index >= 15 is 0 Å². The van der Waals surface area contributed by atoms with Crippen LogP contribution in [0.1, 0.15) is 30.4 Å². The molecule has 0 radical (unpaired) electrons. The minimum Gasteiger partial charge on any atom is -0.445 e. The maximum absolute atomic E-state index is 12.2. The molecule has 1 atom stereocenters. The molecule has 23 heavy (non-hydrogen) atoms. The molecule has 1 aromatic rings. The number of ether oxygens (including phenoxy) is 1. The van der Waals surface area contributed by atoms with Crippen molar-refractivity contribution in [3.63, 3.8) is 0 Å². The van der Waals surface area contributed by atoms with E-state index in [0.717, 1.165) is 6.42 Å². The summed E-state index contributed by atoms with van der Waals surface area (Å²) in [6.07, 6.45) is 0.356. The molecule has 0 N–H and O–H groups in total. The third-order valence-corrected chi connectivity index (χ3v) is 4.93. The summed E-state index contributed by atoms with van der Waals surface area (Å²) in [6.45, 7) is 3.02. The smallest absolute Gasteiger partial charge is 0.409 e. The van der Waals surface area contributed by atoms with E-state index in [-0.39, 0.29) is 12.5 Å². The Morgan fingerprint density at radius 3 is 2.83 bits per heavy atom. The van der Waals surface area contributed by atoms with Crippen LogP contribution in [-0.2, 0) is 4.74 Å². The first kappa shape index (κ1) is 17.2. The summed E-state index contributed by atoms with van der Waals surface area (Å²) in [7, 11) is 0. The summed E-state index contributed by atoms with van der Waals surface area (Å²) in [6, 6.07) is 5.92. The van der Waals surface area contributed by atoms with E-state index in [0.29, 0.717) is 18.1 Å². The number of fused-ring (bicyclic) bond motifs is 3. The van der Waals surface area contributed by atoms with E-state index in [4.69, 9.17) is 51.1 Å². The van der Waals surface area contributed by atoms with Gasteiger partial charge >= 0.3 is 6.09 Å². The summed E-state index contributed by atoms with van der Waals surface area (Å²) >= 11 is 23.0. The summed E-state index contributed by atoms with van der Waals surface area (Å²) in [5.74, 6) is 0.165. The van der Waals surface area contributed by atoms with Crippen molar-refractivity contribution in [3.05, 3.63) is 39.9 Å². The van der Waals surface area contributed by atoms with Gasteiger partial charge in [-0.1, -0.05) is 58.0 Å². The monoisotopic (exact) mass is 393 g/mol. The van der Waals surface area contributed by atoms with Crippen LogP contribution in [0.15, 0.2) is 23.8 Å². The number of carbonyl (C=O) groups excluding carboxylic acids is 1. The van der Waals surface area contributed by atoms with Gasteiger partial charge in [0.15, 0.2) is 0 Å². The van der Waals surface area contributed by atoms with E-state index in [2.05, 4.69) is 6.92 Å². The average Bonchev–Trinajstić information content (AvgIpc) is 2.76. The van der Waals surface area contributed by atoms with Crippen LogP contribution in [0.25, 0.3) is 5.57 Å². The van der Waals surface area contributed by atoms with Crippen molar-refractivity contribution in [2.75, 3.05) is 19.7 Å². The highest BCUT2D eigenvalue weighted by Gasteiger charge is 2.36. The Kier molecular flexibility index (Phi) is 4.76. The molecule has 1 aromatic carbocycles. The number of amides is 1. The molecular weight excluding hydrogens is 380 g/mol. The number of piperidine rings is 1. The Labute approximate surface area is 155 Å². The van der Waals surface area contributed by atoms with Gasteiger partial charge in [-0.25, -0.2) is 4.79 Å². The molecule has 0 bridgehead atoms. The summed E-state index contributed by atoms with van der Waals surface area (Å²) in [4.78, 5) is 13.8. The third-order valence-electron chi connectivity index (χ3n) is 4.37. The molecule has 1 unspecified atom stereocenters.